The fourth-order valence-corrected chi connectivity index (χ4v) is 2.63. The van der Waals surface area contributed by atoms with Crippen molar-refractivity contribution in [2.75, 3.05) is 7.11 Å². The van der Waals surface area contributed by atoms with Gasteiger partial charge in [-0.2, -0.15) is 4.98 Å². The summed E-state index contributed by atoms with van der Waals surface area (Å²) in [6.45, 7) is 2.00. The summed E-state index contributed by atoms with van der Waals surface area (Å²) in [7, 11) is 1.72. The van der Waals surface area contributed by atoms with Gasteiger partial charge < -0.3 is 15.0 Å². The maximum absolute atomic E-state index is 5.89. The first-order valence-electron chi connectivity index (χ1n) is 6.88. The van der Waals surface area contributed by atoms with Gasteiger partial charge in [-0.05, 0) is 25.2 Å². The molecule has 2 N–H and O–H groups in total. The Balaban J connectivity index is 2.09. The molecule has 18 heavy (non-hydrogen) atoms. The van der Waals surface area contributed by atoms with Gasteiger partial charge in [-0.3, -0.25) is 0 Å². The van der Waals surface area contributed by atoms with E-state index in [-0.39, 0.29) is 12.1 Å². The van der Waals surface area contributed by atoms with E-state index >= 15 is 0 Å². The quantitative estimate of drug-likeness (QED) is 0.873. The van der Waals surface area contributed by atoms with E-state index in [0.29, 0.717) is 17.6 Å². The normalized spacial score (nSPS) is 20.8. The Kier molecular flexibility index (Phi) is 4.72. The number of hydrogen-bond donors (Lipinski definition) is 1. The Hall–Kier alpha value is -0.940. The molecule has 2 rings (SSSR count). The SMILES string of the molecule is CC[C@@H](N)c1nc(C(OC)C2CCCCC2)no1. The van der Waals surface area contributed by atoms with E-state index < -0.39 is 0 Å². The molecule has 102 valence electrons. The molecule has 1 saturated carbocycles. The Bertz CT molecular complexity index is 361. The van der Waals surface area contributed by atoms with Crippen LogP contribution < -0.4 is 5.73 Å². The maximum Gasteiger partial charge on any atom is 0.243 e. The minimum atomic E-state index is -0.171. The van der Waals surface area contributed by atoms with Crippen molar-refractivity contribution >= 4 is 0 Å². The van der Waals surface area contributed by atoms with Crippen molar-refractivity contribution in [1.29, 1.82) is 0 Å². The summed E-state index contributed by atoms with van der Waals surface area (Å²) in [6.07, 6.45) is 6.97. The molecule has 1 heterocycles. The highest BCUT2D eigenvalue weighted by atomic mass is 16.5. The molecule has 1 aromatic heterocycles. The highest BCUT2D eigenvalue weighted by Gasteiger charge is 2.29. The fraction of sp³-hybridized carbons (Fsp3) is 0.846. The second-order valence-electron chi connectivity index (χ2n) is 5.06. The van der Waals surface area contributed by atoms with Crippen LogP contribution in [0.25, 0.3) is 0 Å². The number of nitrogens with two attached hydrogens (primary N) is 1. The molecule has 1 aromatic rings. The smallest absolute Gasteiger partial charge is 0.243 e. The Morgan fingerprint density at radius 2 is 2.11 bits per heavy atom. The van der Waals surface area contributed by atoms with Crippen molar-refractivity contribution in [1.82, 2.24) is 10.1 Å². The molecule has 0 aromatic carbocycles. The minimum absolute atomic E-state index is 0.0492. The first kappa shape index (κ1) is 13.5. The van der Waals surface area contributed by atoms with Gasteiger partial charge in [0.05, 0.1) is 6.04 Å². The van der Waals surface area contributed by atoms with Crippen LogP contribution in [0.5, 0.6) is 0 Å². The topological polar surface area (TPSA) is 74.2 Å². The summed E-state index contributed by atoms with van der Waals surface area (Å²) in [6, 6.07) is -0.171. The second kappa shape index (κ2) is 6.29. The fourth-order valence-electron chi connectivity index (χ4n) is 2.63. The molecule has 5 heteroatoms. The minimum Gasteiger partial charge on any atom is -0.373 e. The zero-order valence-corrected chi connectivity index (χ0v) is 11.3. The third kappa shape index (κ3) is 2.90. The number of ether oxygens (including phenoxy) is 1. The molecule has 0 bridgehead atoms. The molecule has 1 fully saturated rings. The summed E-state index contributed by atoms with van der Waals surface area (Å²) in [5, 5.41) is 4.04. The molecule has 0 radical (unpaired) electrons. The molecule has 1 aliphatic carbocycles. The molecule has 5 nitrogen and oxygen atoms in total. The number of methoxy groups -OCH3 is 1. The molecule has 1 unspecified atom stereocenters. The lowest BCUT2D eigenvalue weighted by Gasteiger charge is -2.26. The van der Waals surface area contributed by atoms with Crippen molar-refractivity contribution in [3.05, 3.63) is 11.7 Å². The van der Waals surface area contributed by atoms with Gasteiger partial charge >= 0.3 is 0 Å². The zero-order valence-electron chi connectivity index (χ0n) is 11.3. The maximum atomic E-state index is 5.89. The molecular weight excluding hydrogens is 230 g/mol. The van der Waals surface area contributed by atoms with Gasteiger partial charge in [0.1, 0.15) is 6.10 Å². The van der Waals surface area contributed by atoms with Gasteiger partial charge in [0.15, 0.2) is 0 Å². The number of nitrogens with zero attached hydrogens (tertiary/aromatic N) is 2. The van der Waals surface area contributed by atoms with E-state index in [0.717, 1.165) is 6.42 Å². The van der Waals surface area contributed by atoms with E-state index in [1.54, 1.807) is 7.11 Å². The van der Waals surface area contributed by atoms with E-state index in [1.807, 2.05) is 6.92 Å². The molecule has 1 aliphatic rings. The third-order valence-corrected chi connectivity index (χ3v) is 3.80. The van der Waals surface area contributed by atoms with Gasteiger partial charge in [0.25, 0.3) is 0 Å². The lowest BCUT2D eigenvalue weighted by atomic mass is 9.85. The molecule has 0 spiro atoms. The van der Waals surface area contributed by atoms with Gasteiger partial charge in [0, 0.05) is 7.11 Å². The van der Waals surface area contributed by atoms with Gasteiger partial charge in [-0.15, -0.1) is 0 Å². The molecular formula is C13H23N3O2. The Morgan fingerprint density at radius 3 is 2.72 bits per heavy atom. The second-order valence-corrected chi connectivity index (χ2v) is 5.06. The summed E-state index contributed by atoms with van der Waals surface area (Å²) in [5.41, 5.74) is 5.89. The highest BCUT2D eigenvalue weighted by molar-refractivity contribution is 4.97. The monoisotopic (exact) mass is 253 g/mol. The van der Waals surface area contributed by atoms with E-state index in [1.165, 1.54) is 32.1 Å². The number of hydrogen-bond acceptors (Lipinski definition) is 5. The van der Waals surface area contributed by atoms with Gasteiger partial charge in [0.2, 0.25) is 11.7 Å². The molecule has 2 atom stereocenters. The number of aromatic nitrogens is 2. The standard InChI is InChI=1S/C13H23N3O2/c1-3-10(14)13-15-12(16-18-13)11(17-2)9-7-5-4-6-8-9/h9-11H,3-8,14H2,1-2H3/t10-,11?/m1/s1. The van der Waals surface area contributed by atoms with Crippen molar-refractivity contribution in [2.24, 2.45) is 11.7 Å². The Labute approximate surface area is 108 Å². The molecule has 0 aliphatic heterocycles. The number of rotatable bonds is 5. The molecule has 0 saturated heterocycles. The van der Waals surface area contributed by atoms with Crippen LogP contribution in [0.4, 0.5) is 0 Å². The van der Waals surface area contributed by atoms with Crippen LogP contribution in [0.1, 0.15) is 69.3 Å². The van der Waals surface area contributed by atoms with Gasteiger partial charge in [-0.1, -0.05) is 31.3 Å². The van der Waals surface area contributed by atoms with E-state index in [2.05, 4.69) is 10.1 Å². The van der Waals surface area contributed by atoms with Crippen LogP contribution in [-0.4, -0.2) is 17.3 Å². The molecule has 0 amide bonds. The van der Waals surface area contributed by atoms with Crippen LogP contribution in [0, 0.1) is 5.92 Å². The lowest BCUT2D eigenvalue weighted by molar-refractivity contribution is 0.0273. The van der Waals surface area contributed by atoms with E-state index in [4.69, 9.17) is 15.0 Å². The predicted molar refractivity (Wildman–Crippen MR) is 67.8 cm³/mol. The van der Waals surface area contributed by atoms with Crippen molar-refractivity contribution in [3.8, 4) is 0 Å². The van der Waals surface area contributed by atoms with E-state index in [9.17, 15) is 0 Å². The van der Waals surface area contributed by atoms with Crippen molar-refractivity contribution in [2.45, 2.75) is 57.6 Å². The first-order valence-corrected chi connectivity index (χ1v) is 6.88. The third-order valence-electron chi connectivity index (χ3n) is 3.80. The van der Waals surface area contributed by atoms with Crippen LogP contribution in [-0.2, 0) is 4.74 Å². The first-order chi connectivity index (χ1) is 8.76. The average Bonchev–Trinajstić information content (AvgIpc) is 2.89. The van der Waals surface area contributed by atoms with Gasteiger partial charge in [-0.25, -0.2) is 0 Å². The summed E-state index contributed by atoms with van der Waals surface area (Å²) in [5.74, 6) is 1.68. The summed E-state index contributed by atoms with van der Waals surface area (Å²) in [4.78, 5) is 4.40. The predicted octanol–water partition coefficient (Wildman–Crippen LogP) is 2.75. The average molecular weight is 253 g/mol. The Morgan fingerprint density at radius 1 is 1.39 bits per heavy atom. The van der Waals surface area contributed by atoms with Crippen LogP contribution in [0.15, 0.2) is 4.52 Å². The van der Waals surface area contributed by atoms with Crippen LogP contribution >= 0.6 is 0 Å². The van der Waals surface area contributed by atoms with Crippen LogP contribution in [0.3, 0.4) is 0 Å². The lowest BCUT2D eigenvalue weighted by Crippen LogP contribution is -2.19. The zero-order chi connectivity index (χ0) is 13.0. The van der Waals surface area contributed by atoms with Crippen molar-refractivity contribution < 1.29 is 9.26 Å². The van der Waals surface area contributed by atoms with Crippen LogP contribution in [0.2, 0.25) is 0 Å². The summed E-state index contributed by atoms with van der Waals surface area (Å²) >= 11 is 0. The largest absolute Gasteiger partial charge is 0.373 e. The summed E-state index contributed by atoms with van der Waals surface area (Å²) < 4.78 is 10.8. The van der Waals surface area contributed by atoms with Crippen molar-refractivity contribution in [3.63, 3.8) is 0 Å². The highest BCUT2D eigenvalue weighted by Crippen LogP contribution is 2.35.